The van der Waals surface area contributed by atoms with E-state index >= 15 is 0 Å². The molecule has 0 radical (unpaired) electrons. The number of benzene rings is 1. The first kappa shape index (κ1) is 18.6. The maximum absolute atomic E-state index is 3.72. The Bertz CT molecular complexity index is 326. The number of rotatable bonds is 13. The van der Waals surface area contributed by atoms with Crippen LogP contribution in [0.5, 0.6) is 0 Å². The highest BCUT2D eigenvalue weighted by Gasteiger charge is 2.08. The van der Waals surface area contributed by atoms with Gasteiger partial charge in [0.25, 0.3) is 0 Å². The zero-order valence-corrected chi connectivity index (χ0v) is 14.8. The van der Waals surface area contributed by atoms with E-state index < -0.39 is 0 Å². The lowest BCUT2D eigenvalue weighted by atomic mass is 10.1. The number of thioether (sulfide) groups is 1. The van der Waals surface area contributed by atoms with Gasteiger partial charge < -0.3 is 5.32 Å². The summed E-state index contributed by atoms with van der Waals surface area (Å²) in [4.78, 5) is 1.39. The molecule has 0 fully saturated rings. The van der Waals surface area contributed by atoms with Crippen molar-refractivity contribution in [1.29, 1.82) is 0 Å². The smallest absolute Gasteiger partial charge is 0.0161 e. The molecule has 1 N–H and O–H groups in total. The second-order valence-corrected chi connectivity index (χ2v) is 6.92. The van der Waals surface area contributed by atoms with Gasteiger partial charge in [-0.2, -0.15) is 0 Å². The average Bonchev–Trinajstić information content (AvgIpc) is 2.53. The molecule has 1 atom stereocenters. The molecule has 0 heterocycles. The Morgan fingerprint density at radius 3 is 2.33 bits per heavy atom. The molecule has 0 saturated heterocycles. The van der Waals surface area contributed by atoms with Crippen molar-refractivity contribution in [1.82, 2.24) is 5.32 Å². The summed E-state index contributed by atoms with van der Waals surface area (Å²) in [6, 6.07) is 11.4. The van der Waals surface area contributed by atoms with Gasteiger partial charge in [-0.25, -0.2) is 0 Å². The molecule has 1 nitrogen and oxygen atoms in total. The highest BCUT2D eigenvalue weighted by molar-refractivity contribution is 7.99. The van der Waals surface area contributed by atoms with E-state index in [-0.39, 0.29) is 0 Å². The van der Waals surface area contributed by atoms with E-state index in [9.17, 15) is 0 Å². The highest BCUT2D eigenvalue weighted by atomic mass is 32.2. The number of nitrogens with one attached hydrogen (secondary N) is 1. The van der Waals surface area contributed by atoms with Crippen LogP contribution < -0.4 is 5.32 Å². The van der Waals surface area contributed by atoms with Gasteiger partial charge >= 0.3 is 0 Å². The molecule has 1 aromatic carbocycles. The summed E-state index contributed by atoms with van der Waals surface area (Å²) in [5.74, 6) is 1.19. The Morgan fingerprint density at radius 1 is 0.905 bits per heavy atom. The van der Waals surface area contributed by atoms with Crippen LogP contribution in [0.25, 0.3) is 0 Å². The van der Waals surface area contributed by atoms with Crippen molar-refractivity contribution in [2.45, 2.75) is 76.2 Å². The van der Waals surface area contributed by atoms with Crippen molar-refractivity contribution in [3.8, 4) is 0 Å². The summed E-state index contributed by atoms with van der Waals surface area (Å²) in [5.41, 5.74) is 0. The van der Waals surface area contributed by atoms with Crippen LogP contribution in [0.3, 0.4) is 0 Å². The van der Waals surface area contributed by atoms with Crippen molar-refractivity contribution < 1.29 is 0 Å². The maximum atomic E-state index is 3.72. The molecule has 21 heavy (non-hydrogen) atoms. The zero-order valence-electron chi connectivity index (χ0n) is 13.9. The van der Waals surface area contributed by atoms with Gasteiger partial charge in [-0.3, -0.25) is 0 Å². The van der Waals surface area contributed by atoms with Crippen LogP contribution in [0.4, 0.5) is 0 Å². The van der Waals surface area contributed by atoms with Crippen LogP contribution in [0.2, 0.25) is 0 Å². The second-order valence-electron chi connectivity index (χ2n) is 5.83. The van der Waals surface area contributed by atoms with Crippen molar-refractivity contribution in [3.63, 3.8) is 0 Å². The van der Waals surface area contributed by atoms with E-state index in [1.54, 1.807) is 0 Å². The molecular weight excluding hydrogens is 274 g/mol. The summed E-state index contributed by atoms with van der Waals surface area (Å²) in [7, 11) is 0. The molecule has 0 spiro atoms. The summed E-state index contributed by atoms with van der Waals surface area (Å²) >= 11 is 1.99. The average molecular weight is 308 g/mol. The lowest BCUT2D eigenvalue weighted by Crippen LogP contribution is -2.31. The largest absolute Gasteiger partial charge is 0.313 e. The van der Waals surface area contributed by atoms with E-state index in [1.807, 2.05) is 11.8 Å². The minimum absolute atomic E-state index is 0.668. The van der Waals surface area contributed by atoms with Gasteiger partial charge in [-0.1, -0.05) is 70.6 Å². The summed E-state index contributed by atoms with van der Waals surface area (Å²) < 4.78 is 0. The van der Waals surface area contributed by atoms with E-state index in [4.69, 9.17) is 0 Å². The molecule has 0 aliphatic heterocycles. The lowest BCUT2D eigenvalue weighted by molar-refractivity contribution is 0.484. The summed E-state index contributed by atoms with van der Waals surface area (Å²) in [6.45, 7) is 5.68. The van der Waals surface area contributed by atoms with Gasteiger partial charge in [0.15, 0.2) is 0 Å². The number of unbranched alkanes of at least 4 members (excludes halogenated alkanes) is 5. The first-order valence-electron chi connectivity index (χ1n) is 8.78. The lowest BCUT2D eigenvalue weighted by Gasteiger charge is -2.18. The van der Waals surface area contributed by atoms with Crippen molar-refractivity contribution in [3.05, 3.63) is 30.3 Å². The predicted octanol–water partition coefficient (Wildman–Crippen LogP) is 5.90. The molecule has 0 aromatic heterocycles. The molecular formula is C19H33NS. The van der Waals surface area contributed by atoms with Crippen LogP contribution in [-0.2, 0) is 0 Å². The fourth-order valence-corrected chi connectivity index (χ4v) is 3.51. The minimum Gasteiger partial charge on any atom is -0.313 e. The number of hydrogen-bond donors (Lipinski definition) is 1. The molecule has 0 amide bonds. The van der Waals surface area contributed by atoms with Gasteiger partial charge in [0.2, 0.25) is 0 Å². The second kappa shape index (κ2) is 13.2. The molecule has 120 valence electrons. The Morgan fingerprint density at radius 2 is 1.62 bits per heavy atom. The van der Waals surface area contributed by atoms with Crippen molar-refractivity contribution in [2.24, 2.45) is 0 Å². The first-order chi connectivity index (χ1) is 10.4. The monoisotopic (exact) mass is 307 g/mol. The topological polar surface area (TPSA) is 12.0 Å². The van der Waals surface area contributed by atoms with Gasteiger partial charge in [-0.05, 0) is 31.5 Å². The Hall–Kier alpha value is -0.470. The van der Waals surface area contributed by atoms with Crippen LogP contribution in [0, 0.1) is 0 Å². The van der Waals surface area contributed by atoms with Gasteiger partial charge in [0.1, 0.15) is 0 Å². The predicted molar refractivity (Wildman–Crippen MR) is 97.2 cm³/mol. The molecule has 1 rings (SSSR count). The highest BCUT2D eigenvalue weighted by Crippen LogP contribution is 2.20. The maximum Gasteiger partial charge on any atom is 0.0161 e. The van der Waals surface area contributed by atoms with E-state index in [0.717, 1.165) is 6.54 Å². The van der Waals surface area contributed by atoms with Gasteiger partial charge in [-0.15, -0.1) is 11.8 Å². The number of hydrogen-bond acceptors (Lipinski definition) is 2. The molecule has 0 bridgehead atoms. The molecule has 2 heteroatoms. The SMILES string of the molecule is CCCCCCCCC(CSc1ccccc1)NCCC. The van der Waals surface area contributed by atoms with Crippen molar-refractivity contribution in [2.75, 3.05) is 12.3 Å². The third-order valence-electron chi connectivity index (χ3n) is 3.78. The van der Waals surface area contributed by atoms with Crippen molar-refractivity contribution >= 4 is 11.8 Å². The van der Waals surface area contributed by atoms with Crippen LogP contribution in [0.15, 0.2) is 35.2 Å². The Balaban J connectivity index is 2.20. The van der Waals surface area contributed by atoms with E-state index in [1.165, 1.54) is 62.0 Å². The fraction of sp³-hybridized carbons (Fsp3) is 0.684. The third kappa shape index (κ3) is 9.97. The van der Waals surface area contributed by atoms with E-state index in [0.29, 0.717) is 6.04 Å². The first-order valence-corrected chi connectivity index (χ1v) is 9.76. The van der Waals surface area contributed by atoms with Crippen LogP contribution in [-0.4, -0.2) is 18.3 Å². The van der Waals surface area contributed by atoms with Gasteiger partial charge in [0, 0.05) is 16.7 Å². The van der Waals surface area contributed by atoms with Crippen LogP contribution in [0.1, 0.15) is 65.2 Å². The fourth-order valence-electron chi connectivity index (χ4n) is 2.48. The zero-order chi connectivity index (χ0) is 15.2. The van der Waals surface area contributed by atoms with Gasteiger partial charge in [0.05, 0.1) is 0 Å². The quantitative estimate of drug-likeness (QED) is 0.360. The summed E-state index contributed by atoms with van der Waals surface area (Å²) in [6.07, 6.45) is 10.9. The molecule has 0 aliphatic rings. The normalized spacial score (nSPS) is 12.5. The van der Waals surface area contributed by atoms with Crippen LogP contribution >= 0.6 is 11.8 Å². The third-order valence-corrected chi connectivity index (χ3v) is 4.96. The standard InChI is InChI=1S/C19H33NS/c1-3-5-6-7-8-10-13-18(20-16-4-2)17-21-19-14-11-9-12-15-19/h9,11-12,14-15,18,20H,3-8,10,13,16-17H2,1-2H3. The Kier molecular flexibility index (Phi) is 11.7. The molecule has 0 aliphatic carbocycles. The van der Waals surface area contributed by atoms with E-state index in [2.05, 4.69) is 49.5 Å². The molecule has 1 aromatic rings. The molecule has 0 saturated carbocycles. The minimum atomic E-state index is 0.668. The summed E-state index contributed by atoms with van der Waals surface area (Å²) in [5, 5.41) is 3.72. The molecule has 1 unspecified atom stereocenters. The Labute approximate surface area is 136 Å².